The minimum atomic E-state index is -0.0872. The molecule has 0 atom stereocenters. The van der Waals surface area contributed by atoms with Gasteiger partial charge in [-0.3, -0.25) is 0 Å². The zero-order valence-corrected chi connectivity index (χ0v) is 11.1. The quantitative estimate of drug-likeness (QED) is 0.922. The van der Waals surface area contributed by atoms with Gasteiger partial charge in [-0.05, 0) is 25.1 Å². The number of rotatable bonds is 3. The Labute approximate surface area is 112 Å². The number of aliphatic hydroxyl groups is 1. The zero-order valence-electron chi connectivity index (χ0n) is 10.4. The number of aromatic nitrogens is 1. The number of halogens is 1. The van der Waals surface area contributed by atoms with E-state index in [1.54, 1.807) is 12.3 Å². The fourth-order valence-corrected chi connectivity index (χ4v) is 1.84. The lowest BCUT2D eigenvalue weighted by molar-refractivity contribution is 0.282. The molecule has 18 heavy (non-hydrogen) atoms. The van der Waals surface area contributed by atoms with Crippen molar-refractivity contribution in [3.05, 3.63) is 52.7 Å². The van der Waals surface area contributed by atoms with Crippen molar-refractivity contribution in [2.45, 2.75) is 13.5 Å². The molecule has 0 aliphatic rings. The number of pyridine rings is 1. The van der Waals surface area contributed by atoms with Gasteiger partial charge in [0.1, 0.15) is 5.82 Å². The molecule has 0 bridgehead atoms. The number of aryl methyl sites for hydroxylation is 1. The van der Waals surface area contributed by atoms with Crippen LogP contribution < -0.4 is 4.90 Å². The van der Waals surface area contributed by atoms with Gasteiger partial charge in [0.05, 0.1) is 11.6 Å². The van der Waals surface area contributed by atoms with E-state index in [0.717, 1.165) is 11.5 Å². The van der Waals surface area contributed by atoms with E-state index in [9.17, 15) is 5.11 Å². The van der Waals surface area contributed by atoms with E-state index in [1.807, 2.05) is 31.0 Å². The highest BCUT2D eigenvalue weighted by Gasteiger charge is 2.08. The Bertz CT molecular complexity index is 540. The van der Waals surface area contributed by atoms with Crippen LogP contribution in [0.1, 0.15) is 11.1 Å². The van der Waals surface area contributed by atoms with Crippen LogP contribution in [0.4, 0.5) is 11.5 Å². The van der Waals surface area contributed by atoms with Crippen molar-refractivity contribution in [2.75, 3.05) is 11.9 Å². The van der Waals surface area contributed by atoms with Crippen LogP contribution >= 0.6 is 11.6 Å². The highest BCUT2D eigenvalue weighted by molar-refractivity contribution is 6.31. The average Bonchev–Trinajstić information content (AvgIpc) is 2.39. The summed E-state index contributed by atoms with van der Waals surface area (Å²) in [5.41, 5.74) is 2.94. The molecule has 0 amide bonds. The highest BCUT2D eigenvalue weighted by Crippen LogP contribution is 2.25. The first-order chi connectivity index (χ1) is 8.61. The molecule has 94 valence electrons. The van der Waals surface area contributed by atoms with Crippen molar-refractivity contribution in [3.8, 4) is 0 Å². The van der Waals surface area contributed by atoms with Crippen molar-refractivity contribution in [1.82, 2.24) is 4.98 Å². The van der Waals surface area contributed by atoms with E-state index >= 15 is 0 Å². The lowest BCUT2D eigenvalue weighted by atomic mass is 10.2. The van der Waals surface area contributed by atoms with Crippen LogP contribution in [0.5, 0.6) is 0 Å². The maximum absolute atomic E-state index is 9.20. The van der Waals surface area contributed by atoms with E-state index in [1.165, 1.54) is 5.56 Å². The number of nitrogens with zero attached hydrogens (tertiary/aromatic N) is 2. The van der Waals surface area contributed by atoms with Crippen molar-refractivity contribution in [1.29, 1.82) is 0 Å². The van der Waals surface area contributed by atoms with Gasteiger partial charge in [-0.2, -0.15) is 0 Å². The first kappa shape index (κ1) is 12.9. The molecule has 2 rings (SSSR count). The van der Waals surface area contributed by atoms with E-state index in [4.69, 9.17) is 11.6 Å². The molecule has 0 radical (unpaired) electrons. The SMILES string of the molecule is Cc1ccc(N(C)c2cc(CO)c(Cl)cn2)cc1. The minimum Gasteiger partial charge on any atom is -0.392 e. The number of hydrogen-bond donors (Lipinski definition) is 1. The largest absolute Gasteiger partial charge is 0.392 e. The topological polar surface area (TPSA) is 36.4 Å². The maximum atomic E-state index is 9.20. The molecule has 1 aromatic heterocycles. The molecule has 0 aliphatic carbocycles. The van der Waals surface area contributed by atoms with E-state index in [-0.39, 0.29) is 6.61 Å². The van der Waals surface area contributed by atoms with Crippen molar-refractivity contribution in [2.24, 2.45) is 0 Å². The Morgan fingerprint density at radius 3 is 2.56 bits per heavy atom. The van der Waals surface area contributed by atoms with Crippen molar-refractivity contribution in [3.63, 3.8) is 0 Å². The van der Waals surface area contributed by atoms with Crippen LogP contribution in [-0.4, -0.2) is 17.1 Å². The molecule has 1 aromatic carbocycles. The van der Waals surface area contributed by atoms with Gasteiger partial charge in [0.25, 0.3) is 0 Å². The summed E-state index contributed by atoms with van der Waals surface area (Å²) < 4.78 is 0. The summed E-state index contributed by atoms with van der Waals surface area (Å²) in [7, 11) is 1.93. The number of hydrogen-bond acceptors (Lipinski definition) is 3. The molecule has 4 heteroatoms. The van der Waals surface area contributed by atoms with Crippen LogP contribution in [0.2, 0.25) is 5.02 Å². The predicted octanol–water partition coefficient (Wildman–Crippen LogP) is 3.30. The number of anilines is 2. The summed E-state index contributed by atoms with van der Waals surface area (Å²) in [5, 5.41) is 9.69. The third kappa shape index (κ3) is 2.63. The lowest BCUT2D eigenvalue weighted by Gasteiger charge is -2.19. The molecule has 2 aromatic rings. The molecule has 0 spiro atoms. The van der Waals surface area contributed by atoms with Crippen LogP contribution in [-0.2, 0) is 6.61 Å². The molecule has 0 saturated carbocycles. The van der Waals surface area contributed by atoms with Gasteiger partial charge in [-0.25, -0.2) is 4.98 Å². The Balaban J connectivity index is 2.33. The van der Waals surface area contributed by atoms with Crippen LogP contribution in [0.15, 0.2) is 36.5 Å². The van der Waals surface area contributed by atoms with Gasteiger partial charge in [-0.1, -0.05) is 29.3 Å². The highest BCUT2D eigenvalue weighted by atomic mass is 35.5. The zero-order chi connectivity index (χ0) is 13.1. The summed E-state index contributed by atoms with van der Waals surface area (Å²) in [6.45, 7) is 1.96. The number of benzene rings is 1. The molecular weight excluding hydrogens is 248 g/mol. The van der Waals surface area contributed by atoms with Crippen LogP contribution in [0, 0.1) is 6.92 Å². The Morgan fingerprint density at radius 2 is 1.94 bits per heavy atom. The fraction of sp³-hybridized carbons (Fsp3) is 0.214. The average molecular weight is 263 g/mol. The standard InChI is InChI=1S/C14H15ClN2O/c1-10-3-5-12(6-4-10)17(2)14-7-11(9-18)13(15)8-16-14/h3-8,18H,9H2,1-2H3. The lowest BCUT2D eigenvalue weighted by Crippen LogP contribution is -2.11. The Kier molecular flexibility index (Phi) is 3.84. The first-order valence-corrected chi connectivity index (χ1v) is 6.05. The van der Waals surface area contributed by atoms with E-state index in [2.05, 4.69) is 17.1 Å². The molecule has 0 unspecified atom stereocenters. The second-order valence-corrected chi connectivity index (χ2v) is 4.59. The van der Waals surface area contributed by atoms with Gasteiger partial charge in [0.15, 0.2) is 0 Å². The molecule has 0 aliphatic heterocycles. The summed E-state index contributed by atoms with van der Waals surface area (Å²) in [6.07, 6.45) is 1.56. The molecule has 3 nitrogen and oxygen atoms in total. The van der Waals surface area contributed by atoms with Gasteiger partial charge in [0, 0.05) is 24.5 Å². The second-order valence-electron chi connectivity index (χ2n) is 4.19. The van der Waals surface area contributed by atoms with E-state index < -0.39 is 0 Å². The van der Waals surface area contributed by atoms with Gasteiger partial charge >= 0.3 is 0 Å². The van der Waals surface area contributed by atoms with Crippen LogP contribution in [0.25, 0.3) is 0 Å². The third-order valence-corrected chi connectivity index (χ3v) is 3.20. The normalized spacial score (nSPS) is 10.4. The first-order valence-electron chi connectivity index (χ1n) is 5.67. The second kappa shape index (κ2) is 5.38. The van der Waals surface area contributed by atoms with Crippen LogP contribution in [0.3, 0.4) is 0 Å². The maximum Gasteiger partial charge on any atom is 0.133 e. The van der Waals surface area contributed by atoms with Crippen molar-refractivity contribution >= 4 is 23.1 Å². The minimum absolute atomic E-state index is 0.0872. The van der Waals surface area contributed by atoms with Gasteiger partial charge in [0.2, 0.25) is 0 Å². The Morgan fingerprint density at radius 1 is 1.28 bits per heavy atom. The fourth-order valence-electron chi connectivity index (χ4n) is 1.67. The van der Waals surface area contributed by atoms with Crippen molar-refractivity contribution < 1.29 is 5.11 Å². The van der Waals surface area contributed by atoms with Gasteiger partial charge in [-0.15, -0.1) is 0 Å². The smallest absolute Gasteiger partial charge is 0.133 e. The molecule has 1 N–H and O–H groups in total. The monoisotopic (exact) mass is 262 g/mol. The predicted molar refractivity (Wildman–Crippen MR) is 74.4 cm³/mol. The summed E-state index contributed by atoms with van der Waals surface area (Å²) in [6, 6.07) is 9.96. The van der Waals surface area contributed by atoms with E-state index in [0.29, 0.717) is 10.6 Å². The number of aliphatic hydroxyl groups excluding tert-OH is 1. The Hall–Kier alpha value is -1.58. The summed E-state index contributed by atoms with van der Waals surface area (Å²) in [5.74, 6) is 0.757. The molecule has 0 saturated heterocycles. The summed E-state index contributed by atoms with van der Waals surface area (Å²) >= 11 is 5.93. The van der Waals surface area contributed by atoms with Gasteiger partial charge < -0.3 is 10.0 Å². The molecule has 1 heterocycles. The summed E-state index contributed by atoms with van der Waals surface area (Å²) in [4.78, 5) is 6.22. The molecule has 0 fully saturated rings. The molecular formula is C14H15ClN2O. The third-order valence-electron chi connectivity index (χ3n) is 2.86.